The van der Waals surface area contributed by atoms with Crippen molar-refractivity contribution in [2.24, 2.45) is 0 Å². The zero-order chi connectivity index (χ0) is 15.8. The van der Waals surface area contributed by atoms with Crippen LogP contribution < -0.4 is 10.5 Å². The Hall–Kier alpha value is -1.38. The van der Waals surface area contributed by atoms with Crippen LogP contribution in [0.3, 0.4) is 0 Å². The highest BCUT2D eigenvalue weighted by Crippen LogP contribution is 2.28. The van der Waals surface area contributed by atoms with E-state index in [4.69, 9.17) is 17.3 Å². The Labute approximate surface area is 133 Å². The van der Waals surface area contributed by atoms with Crippen LogP contribution in [0.5, 0.6) is 0 Å². The Morgan fingerprint density at radius 1 is 1.14 bits per heavy atom. The summed E-state index contributed by atoms with van der Waals surface area (Å²) in [6, 6.07) is 5.64. The minimum atomic E-state index is -4.45. The Kier molecular flexibility index (Phi) is 4.40. The third kappa shape index (κ3) is 3.45. The summed E-state index contributed by atoms with van der Waals surface area (Å²) in [6.07, 6.45) is 0. The van der Waals surface area contributed by atoms with Gasteiger partial charge in [-0.1, -0.05) is 11.6 Å². The summed E-state index contributed by atoms with van der Waals surface area (Å²) in [5.74, 6) is -2.55. The van der Waals surface area contributed by atoms with E-state index in [0.717, 1.165) is 12.1 Å². The van der Waals surface area contributed by atoms with Crippen molar-refractivity contribution in [1.29, 1.82) is 0 Å². The van der Waals surface area contributed by atoms with E-state index in [1.54, 1.807) is 0 Å². The highest BCUT2D eigenvalue weighted by Gasteiger charge is 2.25. The second kappa shape index (κ2) is 5.78. The second-order valence-corrected chi connectivity index (χ2v) is 6.93. The first kappa shape index (κ1) is 16.0. The van der Waals surface area contributed by atoms with Crippen molar-refractivity contribution in [2.45, 2.75) is 4.90 Å². The van der Waals surface area contributed by atoms with Gasteiger partial charge in [0.1, 0.15) is 11.6 Å². The van der Waals surface area contributed by atoms with Crippen molar-refractivity contribution in [3.63, 3.8) is 0 Å². The van der Waals surface area contributed by atoms with E-state index in [1.807, 2.05) is 4.72 Å². The molecule has 2 aromatic rings. The topological polar surface area (TPSA) is 72.2 Å². The van der Waals surface area contributed by atoms with Gasteiger partial charge in [-0.2, -0.15) is 0 Å². The lowest BCUT2D eigenvalue weighted by molar-refractivity contribution is 0.522. The first-order valence-electron chi connectivity index (χ1n) is 5.43. The molecule has 0 aliphatic carbocycles. The fourth-order valence-corrected chi connectivity index (χ4v) is 3.20. The van der Waals surface area contributed by atoms with Crippen molar-refractivity contribution >= 4 is 48.9 Å². The van der Waals surface area contributed by atoms with Crippen molar-refractivity contribution in [3.8, 4) is 0 Å². The van der Waals surface area contributed by atoms with Crippen LogP contribution >= 0.6 is 27.5 Å². The smallest absolute Gasteiger partial charge is 0.267 e. The predicted octanol–water partition coefficient (Wildman–Crippen LogP) is 3.76. The van der Waals surface area contributed by atoms with Crippen LogP contribution in [0, 0.1) is 11.6 Å². The molecule has 0 radical (unpaired) electrons. The molecule has 4 nitrogen and oxygen atoms in total. The van der Waals surface area contributed by atoms with Gasteiger partial charge in [-0.25, -0.2) is 17.2 Å². The minimum Gasteiger partial charge on any atom is -0.399 e. The zero-order valence-corrected chi connectivity index (χ0v) is 13.4. The predicted molar refractivity (Wildman–Crippen MR) is 80.7 cm³/mol. The molecule has 0 fully saturated rings. The third-order valence-electron chi connectivity index (χ3n) is 2.46. The van der Waals surface area contributed by atoms with Gasteiger partial charge in [0.2, 0.25) is 0 Å². The fraction of sp³-hybridized carbons (Fsp3) is 0. The van der Waals surface area contributed by atoms with Crippen LogP contribution in [0.15, 0.2) is 39.7 Å². The van der Waals surface area contributed by atoms with E-state index in [1.165, 1.54) is 18.2 Å². The van der Waals surface area contributed by atoms with Crippen LogP contribution in [0.2, 0.25) is 5.02 Å². The number of rotatable bonds is 3. The number of benzene rings is 2. The maximum atomic E-state index is 13.7. The van der Waals surface area contributed by atoms with Crippen LogP contribution in [0.4, 0.5) is 20.2 Å². The molecule has 0 atom stereocenters. The Balaban J connectivity index is 2.46. The van der Waals surface area contributed by atoms with Gasteiger partial charge in [-0.05, 0) is 46.3 Å². The molecular formula is C12H8BrClF2N2O2S. The lowest BCUT2D eigenvalue weighted by atomic mass is 10.3. The largest absolute Gasteiger partial charge is 0.399 e. The first-order valence-corrected chi connectivity index (χ1v) is 8.08. The summed E-state index contributed by atoms with van der Waals surface area (Å²) in [7, 11) is -4.45. The molecule has 2 aromatic carbocycles. The van der Waals surface area contributed by atoms with Gasteiger partial charge in [0, 0.05) is 10.2 Å². The van der Waals surface area contributed by atoms with Crippen LogP contribution in [-0.2, 0) is 10.0 Å². The molecule has 21 heavy (non-hydrogen) atoms. The quantitative estimate of drug-likeness (QED) is 0.775. The summed E-state index contributed by atoms with van der Waals surface area (Å²) in [5.41, 5.74) is 5.10. The second-order valence-electron chi connectivity index (χ2n) is 4.05. The summed E-state index contributed by atoms with van der Waals surface area (Å²) < 4.78 is 54.1. The Bertz CT molecular complexity index is 792. The average Bonchev–Trinajstić information content (AvgIpc) is 2.31. The van der Waals surface area contributed by atoms with Gasteiger partial charge in [0.25, 0.3) is 10.0 Å². The molecular weight excluding hydrogens is 390 g/mol. The fourth-order valence-electron chi connectivity index (χ4n) is 1.60. The summed E-state index contributed by atoms with van der Waals surface area (Å²) >= 11 is 8.97. The van der Waals surface area contributed by atoms with E-state index in [9.17, 15) is 17.2 Å². The van der Waals surface area contributed by atoms with E-state index in [-0.39, 0.29) is 16.4 Å². The molecule has 0 aromatic heterocycles. The number of hydrogen-bond acceptors (Lipinski definition) is 3. The van der Waals surface area contributed by atoms with Gasteiger partial charge in [0.15, 0.2) is 4.90 Å². The van der Waals surface area contributed by atoms with Crippen molar-refractivity contribution in [2.75, 3.05) is 10.5 Å². The molecule has 0 heterocycles. The zero-order valence-electron chi connectivity index (χ0n) is 10.2. The molecule has 9 heteroatoms. The van der Waals surface area contributed by atoms with Gasteiger partial charge in [-0.15, -0.1) is 0 Å². The molecule has 0 saturated carbocycles. The number of anilines is 2. The van der Waals surface area contributed by atoms with Crippen LogP contribution in [0.1, 0.15) is 0 Å². The van der Waals surface area contributed by atoms with E-state index in [0.29, 0.717) is 4.47 Å². The Morgan fingerprint density at radius 3 is 2.24 bits per heavy atom. The maximum Gasteiger partial charge on any atom is 0.267 e. The molecule has 0 aliphatic heterocycles. The number of sulfonamides is 1. The standard InChI is InChI=1S/C12H8BrClF2N2O2S/c13-8-2-1-7(5-9(8)14)18-21(19,20)12-10(15)3-6(17)4-11(12)16/h1-5,18H,17H2. The average molecular weight is 398 g/mol. The molecule has 3 N–H and O–H groups in total. The molecule has 0 aliphatic rings. The van der Waals surface area contributed by atoms with E-state index >= 15 is 0 Å². The lowest BCUT2D eigenvalue weighted by Gasteiger charge is -2.11. The molecule has 0 spiro atoms. The van der Waals surface area contributed by atoms with Crippen molar-refractivity contribution in [3.05, 3.63) is 51.5 Å². The summed E-state index contributed by atoms with van der Waals surface area (Å²) in [5, 5.41) is 0.244. The third-order valence-corrected chi connectivity index (χ3v) is 5.13. The van der Waals surface area contributed by atoms with Crippen molar-refractivity contribution < 1.29 is 17.2 Å². The van der Waals surface area contributed by atoms with Crippen LogP contribution in [0.25, 0.3) is 0 Å². The number of hydrogen-bond donors (Lipinski definition) is 2. The molecule has 2 rings (SSSR count). The van der Waals surface area contributed by atoms with Crippen molar-refractivity contribution in [1.82, 2.24) is 0 Å². The summed E-state index contributed by atoms with van der Waals surface area (Å²) in [4.78, 5) is -1.10. The number of halogens is 4. The Morgan fingerprint density at radius 2 is 1.71 bits per heavy atom. The number of nitrogens with one attached hydrogen (secondary N) is 1. The van der Waals surface area contributed by atoms with Gasteiger partial charge in [0.05, 0.1) is 10.7 Å². The maximum absolute atomic E-state index is 13.7. The molecule has 0 amide bonds. The van der Waals surface area contributed by atoms with Crippen LogP contribution in [-0.4, -0.2) is 8.42 Å². The molecule has 0 saturated heterocycles. The van der Waals surface area contributed by atoms with E-state index in [2.05, 4.69) is 15.9 Å². The summed E-state index contributed by atoms with van der Waals surface area (Å²) in [6.45, 7) is 0. The first-order chi connectivity index (χ1) is 9.70. The highest BCUT2D eigenvalue weighted by molar-refractivity contribution is 9.10. The molecule has 112 valence electrons. The van der Waals surface area contributed by atoms with Gasteiger partial charge >= 0.3 is 0 Å². The molecule has 0 unspecified atom stereocenters. The normalized spacial score (nSPS) is 11.4. The molecule has 0 bridgehead atoms. The monoisotopic (exact) mass is 396 g/mol. The number of nitrogens with two attached hydrogens (primary N) is 1. The minimum absolute atomic E-state index is 0.0684. The van der Waals surface area contributed by atoms with Gasteiger partial charge in [-0.3, -0.25) is 4.72 Å². The van der Waals surface area contributed by atoms with Gasteiger partial charge < -0.3 is 5.73 Å². The number of nitrogen functional groups attached to an aromatic ring is 1. The van der Waals surface area contributed by atoms with E-state index < -0.39 is 26.6 Å². The highest BCUT2D eigenvalue weighted by atomic mass is 79.9. The SMILES string of the molecule is Nc1cc(F)c(S(=O)(=O)Nc2ccc(Br)c(Cl)c2)c(F)c1. The lowest BCUT2D eigenvalue weighted by Crippen LogP contribution is -2.16.